The maximum atomic E-state index is 5.86. The van der Waals surface area contributed by atoms with Crippen molar-refractivity contribution in [1.82, 2.24) is 4.90 Å². The third kappa shape index (κ3) is 2.41. The van der Waals surface area contributed by atoms with Crippen molar-refractivity contribution in [1.29, 1.82) is 0 Å². The van der Waals surface area contributed by atoms with E-state index in [1.165, 1.54) is 6.42 Å². The molecule has 0 aromatic rings. The number of rotatable bonds is 1. The molecule has 4 atom stereocenters. The van der Waals surface area contributed by atoms with Crippen LogP contribution in [0.2, 0.25) is 0 Å². The maximum Gasteiger partial charge on any atom is 0.0703 e. The van der Waals surface area contributed by atoms with Crippen LogP contribution < -0.4 is 5.73 Å². The molecule has 3 heteroatoms. The number of allylic oxidation sites excluding steroid dienone is 1. The van der Waals surface area contributed by atoms with Crippen molar-refractivity contribution < 1.29 is 4.74 Å². The van der Waals surface area contributed by atoms with Gasteiger partial charge in [-0.05, 0) is 40.0 Å². The van der Waals surface area contributed by atoms with Crippen LogP contribution in [0.1, 0.15) is 40.0 Å². The normalized spacial score (nSPS) is 41.8. The summed E-state index contributed by atoms with van der Waals surface area (Å²) in [5.74, 6) is 0. The van der Waals surface area contributed by atoms with E-state index in [-0.39, 0.29) is 0 Å². The Morgan fingerprint density at radius 2 is 2.12 bits per heavy atom. The molecule has 1 aliphatic carbocycles. The summed E-state index contributed by atoms with van der Waals surface area (Å²) >= 11 is 0. The zero-order chi connectivity index (χ0) is 11.7. The van der Waals surface area contributed by atoms with E-state index in [2.05, 4.69) is 31.7 Å². The minimum Gasteiger partial charge on any atom is -0.402 e. The minimum atomic E-state index is 0.340. The number of morpholine rings is 1. The van der Waals surface area contributed by atoms with E-state index in [0.29, 0.717) is 24.3 Å². The fourth-order valence-corrected chi connectivity index (χ4v) is 2.88. The van der Waals surface area contributed by atoms with Crippen LogP contribution in [0.5, 0.6) is 0 Å². The molecule has 1 saturated heterocycles. The summed E-state index contributed by atoms with van der Waals surface area (Å²) in [5, 5.41) is 0. The summed E-state index contributed by atoms with van der Waals surface area (Å²) in [7, 11) is 0. The Balaban J connectivity index is 2.02. The molecule has 1 fully saturated rings. The van der Waals surface area contributed by atoms with Gasteiger partial charge in [0.05, 0.1) is 12.2 Å². The number of hydrogen-bond donors (Lipinski definition) is 1. The van der Waals surface area contributed by atoms with Crippen LogP contribution in [0.25, 0.3) is 0 Å². The van der Waals surface area contributed by atoms with Gasteiger partial charge in [-0.25, -0.2) is 0 Å². The van der Waals surface area contributed by atoms with Gasteiger partial charge in [0.25, 0.3) is 0 Å². The molecule has 16 heavy (non-hydrogen) atoms. The monoisotopic (exact) mass is 224 g/mol. The molecule has 0 aromatic heterocycles. The lowest BCUT2D eigenvalue weighted by molar-refractivity contribution is -0.113. The number of hydrogen-bond acceptors (Lipinski definition) is 3. The second-order valence-corrected chi connectivity index (χ2v) is 5.30. The first kappa shape index (κ1) is 11.9. The van der Waals surface area contributed by atoms with Gasteiger partial charge in [-0.2, -0.15) is 0 Å². The topological polar surface area (TPSA) is 38.5 Å². The summed E-state index contributed by atoms with van der Waals surface area (Å²) in [6.07, 6.45) is 6.26. The van der Waals surface area contributed by atoms with Crippen molar-refractivity contribution in [3.63, 3.8) is 0 Å². The first-order valence-corrected chi connectivity index (χ1v) is 6.43. The molecular weight excluding hydrogens is 200 g/mol. The lowest BCUT2D eigenvalue weighted by atomic mass is 9.94. The van der Waals surface area contributed by atoms with Gasteiger partial charge >= 0.3 is 0 Å². The van der Waals surface area contributed by atoms with Gasteiger partial charge in [-0.1, -0.05) is 6.08 Å². The van der Waals surface area contributed by atoms with Gasteiger partial charge in [-0.15, -0.1) is 0 Å². The SMILES string of the molecule is CC1[C@@H](C)O[C@@H](C)CN1C1CC=C(N)CC1. The van der Waals surface area contributed by atoms with Gasteiger partial charge < -0.3 is 10.5 Å². The lowest BCUT2D eigenvalue weighted by Gasteiger charge is -2.46. The smallest absolute Gasteiger partial charge is 0.0703 e. The molecule has 2 unspecified atom stereocenters. The van der Waals surface area contributed by atoms with E-state index < -0.39 is 0 Å². The Bertz CT molecular complexity index is 277. The molecule has 0 saturated carbocycles. The minimum absolute atomic E-state index is 0.340. The van der Waals surface area contributed by atoms with Gasteiger partial charge in [0.15, 0.2) is 0 Å². The average Bonchev–Trinajstić information content (AvgIpc) is 2.25. The molecule has 2 rings (SSSR count). The van der Waals surface area contributed by atoms with Gasteiger partial charge in [0.2, 0.25) is 0 Å². The van der Waals surface area contributed by atoms with Crippen molar-refractivity contribution in [3.8, 4) is 0 Å². The summed E-state index contributed by atoms with van der Waals surface area (Å²) in [5.41, 5.74) is 6.90. The Morgan fingerprint density at radius 3 is 2.75 bits per heavy atom. The second kappa shape index (κ2) is 4.76. The largest absolute Gasteiger partial charge is 0.402 e. The number of nitrogens with two attached hydrogens (primary N) is 1. The highest BCUT2D eigenvalue weighted by Gasteiger charge is 2.34. The van der Waals surface area contributed by atoms with E-state index in [0.717, 1.165) is 25.1 Å². The van der Waals surface area contributed by atoms with E-state index in [9.17, 15) is 0 Å². The van der Waals surface area contributed by atoms with Crippen LogP contribution in [-0.2, 0) is 4.74 Å². The molecule has 0 bridgehead atoms. The Labute approximate surface area is 98.6 Å². The molecule has 92 valence electrons. The van der Waals surface area contributed by atoms with E-state index >= 15 is 0 Å². The maximum absolute atomic E-state index is 5.86. The van der Waals surface area contributed by atoms with Crippen LogP contribution in [0.3, 0.4) is 0 Å². The van der Waals surface area contributed by atoms with Crippen LogP contribution in [0.4, 0.5) is 0 Å². The standard InChI is InChI=1S/C13H24N2O/c1-9-8-15(10(2)11(3)16-9)13-6-4-12(14)5-7-13/h4,9-11,13H,5-8,14H2,1-3H3/t9-,10?,11+,13?/m0/s1. The zero-order valence-electron chi connectivity index (χ0n) is 10.6. The third-order valence-electron chi connectivity index (χ3n) is 4.00. The molecular formula is C13H24N2O. The second-order valence-electron chi connectivity index (χ2n) is 5.30. The van der Waals surface area contributed by atoms with Crippen LogP contribution in [-0.4, -0.2) is 35.7 Å². The summed E-state index contributed by atoms with van der Waals surface area (Å²) in [6, 6.07) is 1.19. The average molecular weight is 224 g/mol. The van der Waals surface area contributed by atoms with Crippen molar-refractivity contribution >= 4 is 0 Å². The molecule has 0 radical (unpaired) electrons. The predicted octanol–water partition coefficient (Wildman–Crippen LogP) is 1.88. The predicted molar refractivity (Wildman–Crippen MR) is 66.1 cm³/mol. The van der Waals surface area contributed by atoms with Crippen molar-refractivity contribution in [2.45, 2.75) is 64.3 Å². The highest BCUT2D eigenvalue weighted by atomic mass is 16.5. The molecule has 1 heterocycles. The number of ether oxygens (including phenoxy) is 1. The van der Waals surface area contributed by atoms with Crippen LogP contribution in [0.15, 0.2) is 11.8 Å². The molecule has 1 aliphatic heterocycles. The Hall–Kier alpha value is -0.540. The molecule has 3 nitrogen and oxygen atoms in total. The molecule has 2 aliphatic rings. The summed E-state index contributed by atoms with van der Waals surface area (Å²) < 4.78 is 5.86. The highest BCUT2D eigenvalue weighted by molar-refractivity contribution is 5.04. The lowest BCUT2D eigenvalue weighted by Crippen LogP contribution is -2.55. The first-order chi connectivity index (χ1) is 7.58. The highest BCUT2D eigenvalue weighted by Crippen LogP contribution is 2.27. The van der Waals surface area contributed by atoms with E-state index in [1.54, 1.807) is 0 Å². The third-order valence-corrected chi connectivity index (χ3v) is 4.00. The number of nitrogens with zero attached hydrogens (tertiary/aromatic N) is 1. The summed E-state index contributed by atoms with van der Waals surface area (Å²) in [4.78, 5) is 2.61. The first-order valence-electron chi connectivity index (χ1n) is 6.43. The zero-order valence-corrected chi connectivity index (χ0v) is 10.6. The van der Waals surface area contributed by atoms with Crippen molar-refractivity contribution in [3.05, 3.63) is 11.8 Å². The van der Waals surface area contributed by atoms with E-state index in [4.69, 9.17) is 10.5 Å². The van der Waals surface area contributed by atoms with E-state index in [1.807, 2.05) is 0 Å². The quantitative estimate of drug-likeness (QED) is 0.739. The van der Waals surface area contributed by atoms with Gasteiger partial charge in [0.1, 0.15) is 0 Å². The molecule has 0 amide bonds. The van der Waals surface area contributed by atoms with Crippen molar-refractivity contribution in [2.75, 3.05) is 6.54 Å². The fraction of sp³-hybridized carbons (Fsp3) is 0.846. The van der Waals surface area contributed by atoms with Gasteiger partial charge in [-0.3, -0.25) is 4.90 Å². The molecule has 0 spiro atoms. The van der Waals surface area contributed by atoms with Crippen LogP contribution in [0, 0.1) is 0 Å². The molecule has 2 N–H and O–H groups in total. The molecule has 0 aromatic carbocycles. The fourth-order valence-electron chi connectivity index (χ4n) is 2.88. The Kier molecular flexibility index (Phi) is 3.55. The summed E-state index contributed by atoms with van der Waals surface area (Å²) in [6.45, 7) is 7.69. The Morgan fingerprint density at radius 1 is 1.38 bits per heavy atom. The van der Waals surface area contributed by atoms with Crippen LogP contribution >= 0.6 is 0 Å². The van der Waals surface area contributed by atoms with Gasteiger partial charge in [0, 0.05) is 24.3 Å². The van der Waals surface area contributed by atoms with Crippen molar-refractivity contribution in [2.24, 2.45) is 5.73 Å².